The average molecular weight is 417 g/mol. The first-order valence-corrected chi connectivity index (χ1v) is 8.98. The third kappa shape index (κ3) is 4.28. The molecule has 0 spiro atoms. The second-order valence-corrected chi connectivity index (χ2v) is 6.98. The number of alkyl halides is 3. The van der Waals surface area contributed by atoms with Crippen LogP contribution in [0.3, 0.4) is 0 Å². The Morgan fingerprint density at radius 1 is 1.15 bits per heavy atom. The van der Waals surface area contributed by atoms with Crippen molar-refractivity contribution in [2.24, 2.45) is 0 Å². The molecule has 2 N–H and O–H groups in total. The number of hydrogen-bond acceptors (Lipinski definition) is 4. The molecule has 6 nitrogen and oxygen atoms in total. The molecule has 1 aromatic heterocycles. The summed E-state index contributed by atoms with van der Waals surface area (Å²) < 4.78 is 41.2. The van der Waals surface area contributed by atoms with Gasteiger partial charge >= 0.3 is 6.18 Å². The van der Waals surface area contributed by atoms with Crippen LogP contribution >= 0.6 is 23.4 Å². The number of nitrogens with zero attached hydrogens (tertiary/aromatic N) is 2. The Morgan fingerprint density at radius 3 is 2.41 bits per heavy atom. The highest BCUT2D eigenvalue weighted by molar-refractivity contribution is 8.04. The van der Waals surface area contributed by atoms with Gasteiger partial charge in [-0.25, -0.2) is 4.68 Å². The lowest BCUT2D eigenvalue weighted by Gasteiger charge is -2.13. The molecule has 0 bridgehead atoms. The van der Waals surface area contributed by atoms with Crippen molar-refractivity contribution in [2.75, 3.05) is 5.75 Å². The van der Waals surface area contributed by atoms with Crippen LogP contribution in [0.4, 0.5) is 13.2 Å². The zero-order valence-electron chi connectivity index (χ0n) is 13.5. The van der Waals surface area contributed by atoms with E-state index in [-0.39, 0.29) is 5.69 Å². The van der Waals surface area contributed by atoms with Crippen LogP contribution in [0.1, 0.15) is 22.5 Å². The van der Waals surface area contributed by atoms with Crippen LogP contribution in [-0.4, -0.2) is 27.3 Å². The molecule has 0 radical (unpaired) electrons. The Bertz CT molecular complexity index is 909. The van der Waals surface area contributed by atoms with E-state index >= 15 is 0 Å². The van der Waals surface area contributed by atoms with Crippen molar-refractivity contribution in [3.05, 3.63) is 57.7 Å². The van der Waals surface area contributed by atoms with E-state index in [0.29, 0.717) is 21.0 Å². The number of benzene rings is 1. The Morgan fingerprint density at radius 2 is 1.81 bits per heavy atom. The minimum absolute atomic E-state index is 0.0855. The van der Waals surface area contributed by atoms with Crippen LogP contribution in [0.25, 0.3) is 5.69 Å². The number of carbonyl (C=O) groups excluding carboxylic acids is 2. The van der Waals surface area contributed by atoms with Crippen molar-refractivity contribution >= 4 is 35.2 Å². The van der Waals surface area contributed by atoms with Crippen molar-refractivity contribution in [3.63, 3.8) is 0 Å². The molecule has 0 atom stereocenters. The van der Waals surface area contributed by atoms with Crippen molar-refractivity contribution in [1.82, 2.24) is 20.6 Å². The van der Waals surface area contributed by atoms with Crippen molar-refractivity contribution in [3.8, 4) is 5.69 Å². The quantitative estimate of drug-likeness (QED) is 0.752. The highest BCUT2D eigenvalue weighted by atomic mass is 35.5. The predicted octanol–water partition coefficient (Wildman–Crippen LogP) is 3.33. The molecule has 11 heteroatoms. The molecule has 2 heterocycles. The maximum Gasteiger partial charge on any atom is 0.434 e. The molecular weight excluding hydrogens is 405 g/mol. The summed E-state index contributed by atoms with van der Waals surface area (Å²) in [6.45, 7) is 0. The van der Waals surface area contributed by atoms with E-state index in [1.54, 1.807) is 6.08 Å². The molecule has 1 aliphatic heterocycles. The van der Waals surface area contributed by atoms with Crippen molar-refractivity contribution < 1.29 is 22.8 Å². The van der Waals surface area contributed by atoms with E-state index in [4.69, 9.17) is 11.6 Å². The lowest BCUT2D eigenvalue weighted by atomic mass is 10.2. The zero-order valence-corrected chi connectivity index (χ0v) is 15.1. The molecule has 142 valence electrons. The number of halogens is 4. The summed E-state index contributed by atoms with van der Waals surface area (Å²) in [6, 6.07) is 5.51. The van der Waals surface area contributed by atoms with Crippen LogP contribution in [0.15, 0.2) is 41.4 Å². The van der Waals surface area contributed by atoms with Crippen LogP contribution < -0.4 is 10.9 Å². The fraction of sp³-hybridized carbons (Fsp3) is 0.188. The Balaban J connectivity index is 1.85. The smallest absolute Gasteiger partial charge is 0.267 e. The third-order valence-electron chi connectivity index (χ3n) is 3.57. The van der Waals surface area contributed by atoms with E-state index in [0.717, 1.165) is 11.9 Å². The SMILES string of the molecule is O=C(NNC(=O)c1cnn(-c2ccc(Cl)cc2)c1C(F)(F)F)C1=CCCS1. The topological polar surface area (TPSA) is 76.0 Å². The first kappa shape index (κ1) is 19.3. The Hall–Kier alpha value is -2.46. The fourth-order valence-corrected chi connectivity index (χ4v) is 3.38. The molecule has 1 aromatic carbocycles. The van der Waals surface area contributed by atoms with Gasteiger partial charge in [0.1, 0.15) is 0 Å². The van der Waals surface area contributed by atoms with Gasteiger partial charge in [-0.1, -0.05) is 17.7 Å². The first-order valence-electron chi connectivity index (χ1n) is 7.62. The van der Waals surface area contributed by atoms with Gasteiger partial charge in [-0.3, -0.25) is 20.4 Å². The summed E-state index contributed by atoms with van der Waals surface area (Å²) in [4.78, 5) is 24.5. The van der Waals surface area contributed by atoms with Gasteiger partial charge in [-0.05, 0) is 30.7 Å². The Labute approximate surface area is 160 Å². The molecule has 2 aromatic rings. The minimum Gasteiger partial charge on any atom is -0.267 e. The maximum absolute atomic E-state index is 13.5. The lowest BCUT2D eigenvalue weighted by Crippen LogP contribution is -2.42. The van der Waals surface area contributed by atoms with Crippen LogP contribution in [0.2, 0.25) is 5.02 Å². The maximum atomic E-state index is 13.5. The van der Waals surface area contributed by atoms with Gasteiger partial charge in [-0.15, -0.1) is 11.8 Å². The molecule has 0 saturated carbocycles. The van der Waals surface area contributed by atoms with Crippen LogP contribution in [-0.2, 0) is 11.0 Å². The van der Waals surface area contributed by atoms with Gasteiger partial charge in [0.05, 0.1) is 22.4 Å². The standard InChI is InChI=1S/C16H12ClF3N4O2S/c17-9-3-5-10(6-4-9)24-13(16(18,19)20)11(8-21-24)14(25)22-23-15(26)12-2-1-7-27-12/h2-6,8H,1,7H2,(H,22,25)(H,23,26). The normalized spacial score (nSPS) is 14.0. The molecular formula is C16H12ClF3N4O2S. The van der Waals surface area contributed by atoms with Gasteiger partial charge < -0.3 is 0 Å². The molecule has 2 amide bonds. The molecule has 0 saturated heterocycles. The number of hydrazine groups is 1. The largest absolute Gasteiger partial charge is 0.434 e. The minimum atomic E-state index is -4.85. The van der Waals surface area contributed by atoms with Gasteiger partial charge in [0.25, 0.3) is 11.8 Å². The number of nitrogens with one attached hydrogen (secondary N) is 2. The van der Waals surface area contributed by atoms with Crippen LogP contribution in [0.5, 0.6) is 0 Å². The number of carbonyl (C=O) groups is 2. The predicted molar refractivity (Wildman–Crippen MR) is 94.3 cm³/mol. The summed E-state index contributed by atoms with van der Waals surface area (Å²) >= 11 is 7.05. The van der Waals surface area contributed by atoms with Crippen molar-refractivity contribution in [2.45, 2.75) is 12.6 Å². The van der Waals surface area contributed by atoms with E-state index in [2.05, 4.69) is 10.5 Å². The number of amides is 2. The van der Waals surface area contributed by atoms with E-state index in [9.17, 15) is 22.8 Å². The molecule has 3 rings (SSSR count). The summed E-state index contributed by atoms with van der Waals surface area (Å²) in [7, 11) is 0. The van der Waals surface area contributed by atoms with E-state index < -0.39 is 29.2 Å². The monoisotopic (exact) mass is 416 g/mol. The molecule has 27 heavy (non-hydrogen) atoms. The number of aromatic nitrogens is 2. The highest BCUT2D eigenvalue weighted by Gasteiger charge is 2.40. The average Bonchev–Trinajstić information content (AvgIpc) is 3.29. The number of rotatable bonds is 3. The number of allylic oxidation sites excluding steroid dienone is 1. The summed E-state index contributed by atoms with van der Waals surface area (Å²) in [5.41, 5.74) is 2.21. The molecule has 0 fully saturated rings. The number of thioether (sulfide) groups is 1. The first-order chi connectivity index (χ1) is 12.8. The van der Waals surface area contributed by atoms with E-state index in [1.807, 2.05) is 5.43 Å². The summed E-state index contributed by atoms with van der Waals surface area (Å²) in [5.74, 6) is -0.966. The van der Waals surface area contributed by atoms with E-state index in [1.165, 1.54) is 36.0 Å². The molecule has 0 aliphatic carbocycles. The fourth-order valence-electron chi connectivity index (χ4n) is 2.38. The molecule has 1 aliphatic rings. The highest BCUT2D eigenvalue weighted by Crippen LogP contribution is 2.33. The third-order valence-corrected chi connectivity index (χ3v) is 4.93. The Kier molecular flexibility index (Phi) is 5.47. The second kappa shape index (κ2) is 7.65. The summed E-state index contributed by atoms with van der Waals surface area (Å²) in [6.07, 6.45) is -1.65. The summed E-state index contributed by atoms with van der Waals surface area (Å²) in [5, 5.41) is 4.02. The molecule has 0 unspecified atom stereocenters. The lowest BCUT2D eigenvalue weighted by molar-refractivity contribution is -0.143. The second-order valence-electron chi connectivity index (χ2n) is 5.41. The number of hydrogen-bond donors (Lipinski definition) is 2. The van der Waals surface area contributed by atoms with Crippen molar-refractivity contribution in [1.29, 1.82) is 0 Å². The van der Waals surface area contributed by atoms with Gasteiger partial charge in [-0.2, -0.15) is 18.3 Å². The van der Waals surface area contributed by atoms with Gasteiger partial charge in [0.2, 0.25) is 0 Å². The van der Waals surface area contributed by atoms with Gasteiger partial charge in [0, 0.05) is 10.8 Å². The van der Waals surface area contributed by atoms with Gasteiger partial charge in [0.15, 0.2) is 5.69 Å². The zero-order chi connectivity index (χ0) is 19.6. The van der Waals surface area contributed by atoms with Crippen LogP contribution in [0, 0.1) is 0 Å².